The molecule has 0 aliphatic rings. The first-order chi connectivity index (χ1) is 12.1. The summed E-state index contributed by atoms with van der Waals surface area (Å²) in [5.41, 5.74) is 2.04. The van der Waals surface area contributed by atoms with Gasteiger partial charge in [-0.3, -0.25) is 4.79 Å². The summed E-state index contributed by atoms with van der Waals surface area (Å²) >= 11 is 5.74. The fraction of sp³-hybridized carbons (Fsp3) is 0.278. The molecule has 0 atom stereocenters. The van der Waals surface area contributed by atoms with Crippen molar-refractivity contribution in [3.8, 4) is 0 Å². The first kappa shape index (κ1) is 17.5. The van der Waals surface area contributed by atoms with E-state index in [0.717, 1.165) is 17.5 Å². The summed E-state index contributed by atoms with van der Waals surface area (Å²) < 4.78 is 18.7. The molecule has 0 saturated heterocycles. The fourth-order valence-electron chi connectivity index (χ4n) is 2.43. The Morgan fingerprint density at radius 1 is 1.28 bits per heavy atom. The van der Waals surface area contributed by atoms with E-state index >= 15 is 0 Å². The number of hydrogen-bond acceptors (Lipinski definition) is 4. The Labute approximate surface area is 148 Å². The van der Waals surface area contributed by atoms with E-state index in [-0.39, 0.29) is 17.2 Å². The number of ether oxygens (including phenoxy) is 1. The van der Waals surface area contributed by atoms with E-state index in [0.29, 0.717) is 29.9 Å². The van der Waals surface area contributed by atoms with Gasteiger partial charge in [0.1, 0.15) is 18.2 Å². The zero-order valence-corrected chi connectivity index (χ0v) is 14.4. The van der Waals surface area contributed by atoms with Crippen LogP contribution in [0.25, 0.3) is 11.0 Å². The standard InChI is InChI=1S/C18H17ClFN3O2/c1-2-11-7-13-17(21-9-11)22-16(23-18(13)24)10-25-6-5-12-3-4-15(20)14(19)8-12/h3-4,7-9H,2,5-6,10H2,1H3,(H,21,22,23,24). The van der Waals surface area contributed by atoms with Gasteiger partial charge in [-0.2, -0.15) is 0 Å². The van der Waals surface area contributed by atoms with Crippen molar-refractivity contribution in [3.63, 3.8) is 0 Å². The lowest BCUT2D eigenvalue weighted by Gasteiger charge is -2.06. The van der Waals surface area contributed by atoms with Crippen molar-refractivity contribution in [1.82, 2.24) is 15.0 Å². The number of nitrogens with one attached hydrogen (secondary N) is 1. The average Bonchev–Trinajstić information content (AvgIpc) is 2.61. The minimum absolute atomic E-state index is 0.0931. The van der Waals surface area contributed by atoms with Crippen molar-refractivity contribution in [1.29, 1.82) is 0 Å². The van der Waals surface area contributed by atoms with Gasteiger partial charge in [-0.15, -0.1) is 0 Å². The summed E-state index contributed by atoms with van der Waals surface area (Å²) in [6, 6.07) is 6.37. The van der Waals surface area contributed by atoms with Crippen LogP contribution in [0.1, 0.15) is 23.9 Å². The molecule has 0 amide bonds. The van der Waals surface area contributed by atoms with Crippen molar-refractivity contribution in [3.05, 3.63) is 68.6 Å². The van der Waals surface area contributed by atoms with Crippen LogP contribution in [0.4, 0.5) is 4.39 Å². The summed E-state index contributed by atoms with van der Waals surface area (Å²) in [5.74, 6) is -0.0191. The smallest absolute Gasteiger partial charge is 0.260 e. The summed E-state index contributed by atoms with van der Waals surface area (Å²) in [6.45, 7) is 2.56. The van der Waals surface area contributed by atoms with Gasteiger partial charge in [0.25, 0.3) is 5.56 Å². The number of pyridine rings is 1. The van der Waals surface area contributed by atoms with Crippen molar-refractivity contribution >= 4 is 22.6 Å². The number of aromatic amines is 1. The highest BCUT2D eigenvalue weighted by molar-refractivity contribution is 6.30. The minimum Gasteiger partial charge on any atom is -0.373 e. The van der Waals surface area contributed by atoms with Crippen LogP contribution < -0.4 is 5.56 Å². The third-order valence-corrected chi connectivity index (χ3v) is 4.12. The molecule has 2 aromatic heterocycles. The summed E-state index contributed by atoms with van der Waals surface area (Å²) in [4.78, 5) is 23.4. The van der Waals surface area contributed by atoms with Crippen LogP contribution in [0.3, 0.4) is 0 Å². The molecular formula is C18H17ClFN3O2. The van der Waals surface area contributed by atoms with Crippen molar-refractivity contribution in [2.24, 2.45) is 0 Å². The number of fused-ring (bicyclic) bond motifs is 1. The maximum Gasteiger partial charge on any atom is 0.260 e. The largest absolute Gasteiger partial charge is 0.373 e. The second-order valence-corrected chi connectivity index (χ2v) is 6.04. The molecule has 3 aromatic rings. The van der Waals surface area contributed by atoms with Gasteiger partial charge in [-0.1, -0.05) is 24.6 Å². The quantitative estimate of drug-likeness (QED) is 0.683. The predicted molar refractivity (Wildman–Crippen MR) is 94.3 cm³/mol. The van der Waals surface area contributed by atoms with E-state index in [2.05, 4.69) is 15.0 Å². The normalized spacial score (nSPS) is 11.2. The first-order valence-electron chi connectivity index (χ1n) is 7.96. The van der Waals surface area contributed by atoms with Crippen molar-refractivity contribution in [2.45, 2.75) is 26.4 Å². The number of H-pyrrole nitrogens is 1. The Kier molecular flexibility index (Phi) is 5.40. The lowest BCUT2D eigenvalue weighted by Crippen LogP contribution is -2.14. The molecule has 25 heavy (non-hydrogen) atoms. The first-order valence-corrected chi connectivity index (χ1v) is 8.34. The van der Waals surface area contributed by atoms with E-state index < -0.39 is 5.82 Å². The number of rotatable bonds is 6. The number of hydrogen-bond donors (Lipinski definition) is 1. The molecule has 3 rings (SSSR count). The molecule has 0 radical (unpaired) electrons. The number of aryl methyl sites for hydroxylation is 1. The molecule has 130 valence electrons. The van der Waals surface area contributed by atoms with Crippen LogP contribution in [0.15, 0.2) is 35.3 Å². The van der Waals surface area contributed by atoms with Gasteiger partial charge in [-0.25, -0.2) is 14.4 Å². The van der Waals surface area contributed by atoms with E-state index in [1.807, 2.05) is 6.92 Å². The van der Waals surface area contributed by atoms with E-state index in [1.165, 1.54) is 6.07 Å². The highest BCUT2D eigenvalue weighted by Gasteiger charge is 2.07. The number of benzene rings is 1. The molecule has 1 N–H and O–H groups in total. The third kappa shape index (κ3) is 4.21. The second kappa shape index (κ2) is 7.72. The Morgan fingerprint density at radius 2 is 2.12 bits per heavy atom. The fourth-order valence-corrected chi connectivity index (χ4v) is 2.63. The number of nitrogens with zero attached hydrogens (tertiary/aromatic N) is 2. The van der Waals surface area contributed by atoms with E-state index in [9.17, 15) is 9.18 Å². The molecule has 0 aliphatic heterocycles. The second-order valence-electron chi connectivity index (χ2n) is 5.63. The van der Waals surface area contributed by atoms with Gasteiger partial charge in [-0.05, 0) is 42.2 Å². The lowest BCUT2D eigenvalue weighted by atomic mass is 10.1. The van der Waals surface area contributed by atoms with Gasteiger partial charge in [0, 0.05) is 6.20 Å². The van der Waals surface area contributed by atoms with Crippen LogP contribution in [-0.4, -0.2) is 21.6 Å². The summed E-state index contributed by atoms with van der Waals surface area (Å²) in [5, 5.41) is 0.569. The number of aromatic nitrogens is 3. The Hall–Kier alpha value is -2.31. The monoisotopic (exact) mass is 361 g/mol. The molecule has 0 fully saturated rings. The predicted octanol–water partition coefficient (Wildman–Crippen LogP) is 3.43. The maximum absolute atomic E-state index is 13.1. The zero-order valence-electron chi connectivity index (χ0n) is 13.7. The Bertz CT molecular complexity index is 959. The van der Waals surface area contributed by atoms with Crippen molar-refractivity contribution in [2.75, 3.05) is 6.61 Å². The highest BCUT2D eigenvalue weighted by atomic mass is 35.5. The van der Waals surface area contributed by atoms with Crippen LogP contribution in [0, 0.1) is 5.82 Å². The molecule has 0 saturated carbocycles. The molecule has 0 bridgehead atoms. The summed E-state index contributed by atoms with van der Waals surface area (Å²) in [7, 11) is 0. The van der Waals surface area contributed by atoms with Gasteiger partial charge in [0.15, 0.2) is 5.65 Å². The zero-order chi connectivity index (χ0) is 17.8. The topological polar surface area (TPSA) is 67.9 Å². The van der Waals surface area contributed by atoms with Gasteiger partial charge < -0.3 is 9.72 Å². The molecular weight excluding hydrogens is 345 g/mol. The molecule has 7 heteroatoms. The molecule has 5 nitrogen and oxygen atoms in total. The van der Waals surface area contributed by atoms with Crippen LogP contribution in [0.5, 0.6) is 0 Å². The molecule has 1 aromatic carbocycles. The minimum atomic E-state index is -0.442. The molecule has 2 heterocycles. The van der Waals surface area contributed by atoms with Crippen molar-refractivity contribution < 1.29 is 9.13 Å². The van der Waals surface area contributed by atoms with Crippen LogP contribution in [-0.2, 0) is 24.2 Å². The van der Waals surface area contributed by atoms with E-state index in [1.54, 1.807) is 24.4 Å². The SMILES string of the molecule is CCc1cnc2nc(COCCc3ccc(F)c(Cl)c3)[nH]c(=O)c2c1. The van der Waals surface area contributed by atoms with Gasteiger partial charge >= 0.3 is 0 Å². The molecule has 0 unspecified atom stereocenters. The van der Waals surface area contributed by atoms with Crippen LogP contribution >= 0.6 is 11.6 Å². The molecule has 0 aliphatic carbocycles. The lowest BCUT2D eigenvalue weighted by molar-refractivity contribution is 0.118. The third-order valence-electron chi connectivity index (χ3n) is 3.83. The molecule has 0 spiro atoms. The van der Waals surface area contributed by atoms with E-state index in [4.69, 9.17) is 16.3 Å². The van der Waals surface area contributed by atoms with Crippen LogP contribution in [0.2, 0.25) is 5.02 Å². The number of halogens is 2. The highest BCUT2D eigenvalue weighted by Crippen LogP contribution is 2.16. The van der Waals surface area contributed by atoms with Gasteiger partial charge in [0.2, 0.25) is 0 Å². The Balaban J connectivity index is 1.63. The maximum atomic E-state index is 13.1. The van der Waals surface area contributed by atoms with Gasteiger partial charge in [0.05, 0.1) is 17.0 Å². The average molecular weight is 362 g/mol. The summed E-state index contributed by atoms with van der Waals surface area (Å²) in [6.07, 6.45) is 3.11. The Morgan fingerprint density at radius 3 is 2.88 bits per heavy atom.